The molecule has 0 spiro atoms. The number of carbonyl (C=O) groups excluding carboxylic acids is 1. The second-order valence-electron chi connectivity index (χ2n) is 5.83. The fourth-order valence-electron chi connectivity index (χ4n) is 3.87. The van der Waals surface area contributed by atoms with Crippen LogP contribution in [0.2, 0.25) is 0 Å². The molecule has 1 aliphatic heterocycles. The first-order valence-electron chi connectivity index (χ1n) is 6.53. The first-order valence-corrected chi connectivity index (χ1v) is 6.53. The lowest BCUT2D eigenvalue weighted by Crippen LogP contribution is -2.34. The van der Waals surface area contributed by atoms with Crippen molar-refractivity contribution in [2.75, 3.05) is 0 Å². The van der Waals surface area contributed by atoms with Crippen LogP contribution in [0.5, 0.6) is 0 Å². The Morgan fingerprint density at radius 2 is 1.47 bits per heavy atom. The van der Waals surface area contributed by atoms with Crippen LogP contribution in [-0.4, -0.2) is 34.5 Å². The number of rotatable bonds is 0. The SMILES string of the molecule is C=C1C[C@H](O)[C@H]2C(=C)C[C@H](O)[C@H]3C(=C)C(=O)O[C@@H]3[C@@H]12. The van der Waals surface area contributed by atoms with E-state index in [2.05, 4.69) is 19.7 Å². The van der Waals surface area contributed by atoms with E-state index in [1.165, 1.54) is 0 Å². The van der Waals surface area contributed by atoms with Gasteiger partial charge in [0.25, 0.3) is 0 Å². The molecular weight excluding hydrogens is 244 g/mol. The summed E-state index contributed by atoms with van der Waals surface area (Å²) in [4.78, 5) is 11.7. The molecular formula is C15H18O4. The number of esters is 1. The second kappa shape index (κ2) is 4.05. The Bertz CT molecular complexity index is 492. The molecule has 19 heavy (non-hydrogen) atoms. The standard InChI is InChI=1S/C15H18O4/c1-6-4-10(17)13-8(3)15(18)19-14(13)12-7(2)5-9(16)11(6)12/h9-14,16-17H,1-5H2/t9-,10-,11+,12-,13+,14+/m0/s1. The van der Waals surface area contributed by atoms with E-state index in [0.29, 0.717) is 18.4 Å². The average molecular weight is 262 g/mol. The van der Waals surface area contributed by atoms with E-state index in [1.54, 1.807) is 0 Å². The molecule has 0 aromatic rings. The highest BCUT2D eigenvalue weighted by atomic mass is 16.6. The summed E-state index contributed by atoms with van der Waals surface area (Å²) in [6.07, 6.45) is -0.894. The summed E-state index contributed by atoms with van der Waals surface area (Å²) in [5, 5.41) is 20.4. The lowest BCUT2D eigenvalue weighted by Gasteiger charge is -2.27. The van der Waals surface area contributed by atoms with Crippen LogP contribution in [0.25, 0.3) is 0 Å². The molecule has 2 aliphatic carbocycles. The minimum Gasteiger partial charge on any atom is -0.458 e. The molecule has 4 nitrogen and oxygen atoms in total. The predicted molar refractivity (Wildman–Crippen MR) is 69.0 cm³/mol. The fourth-order valence-corrected chi connectivity index (χ4v) is 3.87. The molecule has 0 bridgehead atoms. The third-order valence-electron chi connectivity index (χ3n) is 4.72. The molecule has 0 radical (unpaired) electrons. The minimum absolute atomic E-state index is 0.159. The molecule has 0 amide bonds. The molecule has 6 atom stereocenters. The van der Waals surface area contributed by atoms with Gasteiger partial charge in [0.15, 0.2) is 0 Å². The number of carbonyl (C=O) groups is 1. The van der Waals surface area contributed by atoms with Gasteiger partial charge in [-0.15, -0.1) is 0 Å². The Labute approximate surface area is 112 Å². The maximum absolute atomic E-state index is 11.7. The van der Waals surface area contributed by atoms with Crippen LogP contribution in [-0.2, 0) is 9.53 Å². The number of ether oxygens (including phenoxy) is 1. The van der Waals surface area contributed by atoms with Crippen molar-refractivity contribution in [2.24, 2.45) is 17.8 Å². The van der Waals surface area contributed by atoms with E-state index in [1.807, 2.05) is 0 Å². The quantitative estimate of drug-likeness (QED) is 0.387. The summed E-state index contributed by atoms with van der Waals surface area (Å²) >= 11 is 0. The van der Waals surface area contributed by atoms with E-state index in [9.17, 15) is 15.0 Å². The monoisotopic (exact) mass is 262 g/mol. The van der Waals surface area contributed by atoms with Crippen LogP contribution in [0.3, 0.4) is 0 Å². The smallest absolute Gasteiger partial charge is 0.334 e. The summed E-state index contributed by atoms with van der Waals surface area (Å²) < 4.78 is 5.40. The van der Waals surface area contributed by atoms with Gasteiger partial charge in [-0.25, -0.2) is 4.79 Å². The van der Waals surface area contributed by atoms with Crippen LogP contribution >= 0.6 is 0 Å². The molecule has 4 heteroatoms. The van der Waals surface area contributed by atoms with Crippen molar-refractivity contribution >= 4 is 5.97 Å². The van der Waals surface area contributed by atoms with Crippen LogP contribution in [0.1, 0.15) is 12.8 Å². The van der Waals surface area contributed by atoms with Gasteiger partial charge < -0.3 is 14.9 Å². The van der Waals surface area contributed by atoms with Gasteiger partial charge in [-0.1, -0.05) is 30.9 Å². The topological polar surface area (TPSA) is 66.8 Å². The van der Waals surface area contributed by atoms with Crippen LogP contribution < -0.4 is 0 Å². The van der Waals surface area contributed by atoms with Gasteiger partial charge in [-0.2, -0.15) is 0 Å². The fraction of sp³-hybridized carbons (Fsp3) is 0.533. The zero-order valence-electron chi connectivity index (χ0n) is 10.7. The molecule has 0 unspecified atom stereocenters. The maximum atomic E-state index is 11.7. The number of aliphatic hydroxyl groups is 2. The van der Waals surface area contributed by atoms with Crippen molar-refractivity contribution < 1.29 is 19.7 Å². The summed E-state index contributed by atoms with van der Waals surface area (Å²) in [5.74, 6) is -1.21. The molecule has 2 saturated carbocycles. The molecule has 0 aromatic heterocycles. The summed E-state index contributed by atoms with van der Waals surface area (Å²) in [6, 6.07) is 0. The number of hydrogen-bond donors (Lipinski definition) is 2. The third kappa shape index (κ3) is 1.63. The lowest BCUT2D eigenvalue weighted by molar-refractivity contribution is -0.141. The first-order chi connectivity index (χ1) is 8.91. The van der Waals surface area contributed by atoms with Crippen molar-refractivity contribution in [3.63, 3.8) is 0 Å². The van der Waals surface area contributed by atoms with Gasteiger partial charge in [0.1, 0.15) is 6.10 Å². The van der Waals surface area contributed by atoms with Crippen LogP contribution in [0.15, 0.2) is 36.5 Å². The average Bonchev–Trinajstić information content (AvgIpc) is 2.72. The molecule has 3 aliphatic rings. The normalized spacial score (nSPS) is 45.8. The Kier molecular flexibility index (Phi) is 2.69. The summed E-state index contributed by atoms with van der Waals surface area (Å²) in [7, 11) is 0. The van der Waals surface area contributed by atoms with Crippen molar-refractivity contribution in [1.29, 1.82) is 0 Å². The van der Waals surface area contributed by atoms with E-state index < -0.39 is 30.2 Å². The Hall–Kier alpha value is -1.39. The molecule has 3 rings (SSSR count). The highest BCUT2D eigenvalue weighted by Gasteiger charge is 2.55. The first kappa shape index (κ1) is 12.6. The summed E-state index contributed by atoms with van der Waals surface area (Å²) in [6.45, 7) is 11.7. The Balaban J connectivity index is 2.06. The number of hydrogen-bond acceptors (Lipinski definition) is 4. The summed E-state index contributed by atoms with van der Waals surface area (Å²) in [5.41, 5.74) is 1.99. The predicted octanol–water partition coefficient (Wildman–Crippen LogP) is 0.958. The molecule has 1 saturated heterocycles. The van der Waals surface area contributed by atoms with Crippen molar-refractivity contribution in [3.05, 3.63) is 36.5 Å². The Morgan fingerprint density at radius 3 is 2.11 bits per heavy atom. The van der Waals surface area contributed by atoms with E-state index in [4.69, 9.17) is 4.74 Å². The van der Waals surface area contributed by atoms with Crippen molar-refractivity contribution in [2.45, 2.75) is 31.2 Å². The molecule has 102 valence electrons. The van der Waals surface area contributed by atoms with Crippen LogP contribution in [0, 0.1) is 17.8 Å². The maximum Gasteiger partial charge on any atom is 0.334 e. The molecule has 2 N–H and O–H groups in total. The lowest BCUT2D eigenvalue weighted by atomic mass is 9.81. The van der Waals surface area contributed by atoms with Crippen molar-refractivity contribution in [3.8, 4) is 0 Å². The zero-order valence-corrected chi connectivity index (χ0v) is 10.7. The van der Waals surface area contributed by atoms with Gasteiger partial charge >= 0.3 is 5.97 Å². The van der Waals surface area contributed by atoms with Gasteiger partial charge in [-0.05, 0) is 12.8 Å². The van der Waals surface area contributed by atoms with Gasteiger partial charge in [0.2, 0.25) is 0 Å². The van der Waals surface area contributed by atoms with Crippen molar-refractivity contribution in [1.82, 2.24) is 0 Å². The highest BCUT2D eigenvalue weighted by molar-refractivity contribution is 5.91. The molecule has 1 heterocycles. The second-order valence-corrected chi connectivity index (χ2v) is 5.83. The zero-order chi connectivity index (χ0) is 13.9. The largest absolute Gasteiger partial charge is 0.458 e. The third-order valence-corrected chi connectivity index (χ3v) is 4.72. The molecule has 3 fully saturated rings. The Morgan fingerprint density at radius 1 is 0.947 bits per heavy atom. The van der Waals surface area contributed by atoms with Gasteiger partial charge in [0.05, 0.1) is 18.1 Å². The van der Waals surface area contributed by atoms with Gasteiger partial charge in [0, 0.05) is 17.4 Å². The van der Waals surface area contributed by atoms with E-state index in [0.717, 1.165) is 11.1 Å². The minimum atomic E-state index is -0.734. The van der Waals surface area contributed by atoms with Gasteiger partial charge in [-0.3, -0.25) is 0 Å². The van der Waals surface area contributed by atoms with E-state index in [-0.39, 0.29) is 11.8 Å². The number of fused-ring (bicyclic) bond motifs is 3. The highest BCUT2D eigenvalue weighted by Crippen LogP contribution is 2.51. The number of aliphatic hydroxyl groups excluding tert-OH is 2. The van der Waals surface area contributed by atoms with Crippen LogP contribution in [0.4, 0.5) is 0 Å². The molecule has 0 aromatic carbocycles. The van der Waals surface area contributed by atoms with E-state index >= 15 is 0 Å².